The molecule has 0 bridgehead atoms. The van der Waals surface area contributed by atoms with E-state index in [-0.39, 0.29) is 16.7 Å². The van der Waals surface area contributed by atoms with E-state index in [1.165, 1.54) is 18.2 Å². The highest BCUT2D eigenvalue weighted by Crippen LogP contribution is 2.31. The van der Waals surface area contributed by atoms with Gasteiger partial charge < -0.3 is 5.11 Å². The molecule has 0 amide bonds. The minimum atomic E-state index is -4.00. The Morgan fingerprint density at radius 3 is 2.48 bits per heavy atom. The molecule has 2 rings (SSSR count). The van der Waals surface area contributed by atoms with E-state index in [1.807, 2.05) is 13.8 Å². The maximum atomic E-state index is 13.8. The summed E-state index contributed by atoms with van der Waals surface area (Å²) in [6.07, 6.45) is 3.94. The average Bonchev–Trinajstić information content (AvgIpc) is 3.06. The van der Waals surface area contributed by atoms with Crippen LogP contribution in [-0.4, -0.2) is 25.7 Å². The van der Waals surface area contributed by atoms with Crippen molar-refractivity contribution in [2.75, 3.05) is 0 Å². The van der Waals surface area contributed by atoms with Crippen molar-refractivity contribution in [2.24, 2.45) is 11.8 Å². The molecule has 0 aliphatic heterocycles. The van der Waals surface area contributed by atoms with Crippen LogP contribution in [0, 0.1) is 17.7 Å². The molecule has 4 nitrogen and oxygen atoms in total. The Bertz CT molecular complexity index is 614. The lowest BCUT2D eigenvalue weighted by Gasteiger charge is -2.32. The van der Waals surface area contributed by atoms with Gasteiger partial charge in [-0.15, -0.1) is 0 Å². The van der Waals surface area contributed by atoms with Gasteiger partial charge in [-0.25, -0.2) is 17.5 Å². The highest BCUT2D eigenvalue weighted by atomic mass is 32.2. The summed E-state index contributed by atoms with van der Waals surface area (Å²) in [7, 11) is -4.00. The molecule has 1 fully saturated rings. The molecule has 3 unspecified atom stereocenters. The summed E-state index contributed by atoms with van der Waals surface area (Å²) in [5, 5.41) is 10.7. The second kappa shape index (κ2) is 7.73. The first-order chi connectivity index (χ1) is 10.9. The van der Waals surface area contributed by atoms with Gasteiger partial charge in [-0.2, -0.15) is 0 Å². The van der Waals surface area contributed by atoms with Crippen LogP contribution in [0.2, 0.25) is 0 Å². The Hall–Kier alpha value is -0.980. The summed E-state index contributed by atoms with van der Waals surface area (Å²) < 4.78 is 41.5. The van der Waals surface area contributed by atoms with E-state index in [2.05, 4.69) is 4.72 Å². The molecule has 1 aromatic rings. The fraction of sp³-hybridized carbons (Fsp3) is 0.647. The SMILES string of the molecule is CCC(C)C(NS(=O)(=O)c1ccccc1F)C(O)C1CCCC1. The average molecular weight is 343 g/mol. The number of rotatable bonds is 7. The number of benzene rings is 1. The molecule has 0 aromatic heterocycles. The first-order valence-electron chi connectivity index (χ1n) is 8.31. The summed E-state index contributed by atoms with van der Waals surface area (Å²) in [5.41, 5.74) is 0. The molecular weight excluding hydrogens is 317 g/mol. The lowest BCUT2D eigenvalue weighted by Crippen LogP contribution is -2.49. The van der Waals surface area contributed by atoms with E-state index in [4.69, 9.17) is 0 Å². The summed E-state index contributed by atoms with van der Waals surface area (Å²) in [4.78, 5) is -0.369. The van der Waals surface area contributed by atoms with E-state index < -0.39 is 28.0 Å². The zero-order chi connectivity index (χ0) is 17.0. The molecule has 1 aromatic carbocycles. The molecule has 23 heavy (non-hydrogen) atoms. The lowest BCUT2D eigenvalue weighted by atomic mass is 9.87. The molecule has 1 aliphatic carbocycles. The standard InChI is InChI=1S/C17H26FNO3S/c1-3-12(2)16(17(20)13-8-4-5-9-13)19-23(21,22)15-11-7-6-10-14(15)18/h6-7,10-13,16-17,19-20H,3-5,8-9H2,1-2H3. The van der Waals surface area contributed by atoms with Gasteiger partial charge >= 0.3 is 0 Å². The molecule has 1 aliphatic rings. The van der Waals surface area contributed by atoms with Gasteiger partial charge in [0.2, 0.25) is 10.0 Å². The van der Waals surface area contributed by atoms with Gasteiger partial charge in [0.15, 0.2) is 0 Å². The molecule has 0 radical (unpaired) electrons. The van der Waals surface area contributed by atoms with E-state index in [0.29, 0.717) is 0 Å². The first-order valence-corrected chi connectivity index (χ1v) is 9.80. The summed E-state index contributed by atoms with van der Waals surface area (Å²) in [5.74, 6) is -0.706. The minimum Gasteiger partial charge on any atom is -0.391 e. The minimum absolute atomic E-state index is 0.0350. The number of aliphatic hydroxyl groups excluding tert-OH is 1. The molecule has 0 heterocycles. The number of nitrogens with one attached hydrogen (secondary N) is 1. The van der Waals surface area contributed by atoms with E-state index in [9.17, 15) is 17.9 Å². The second-order valence-electron chi connectivity index (χ2n) is 6.50. The van der Waals surface area contributed by atoms with Gasteiger partial charge in [0, 0.05) is 0 Å². The number of halogens is 1. The Labute approximate surface area is 138 Å². The van der Waals surface area contributed by atoms with Crippen LogP contribution in [0.1, 0.15) is 46.0 Å². The van der Waals surface area contributed by atoms with Crippen LogP contribution in [0.3, 0.4) is 0 Å². The van der Waals surface area contributed by atoms with Gasteiger partial charge in [0.05, 0.1) is 12.1 Å². The maximum absolute atomic E-state index is 13.8. The molecular formula is C17H26FNO3S. The van der Waals surface area contributed by atoms with Gasteiger partial charge in [-0.1, -0.05) is 45.2 Å². The summed E-state index contributed by atoms with van der Waals surface area (Å²) >= 11 is 0. The highest BCUT2D eigenvalue weighted by molar-refractivity contribution is 7.89. The van der Waals surface area contributed by atoms with Crippen molar-refractivity contribution in [3.05, 3.63) is 30.1 Å². The topological polar surface area (TPSA) is 66.4 Å². The van der Waals surface area contributed by atoms with Crippen molar-refractivity contribution in [3.63, 3.8) is 0 Å². The number of hydrogen-bond acceptors (Lipinski definition) is 3. The van der Waals surface area contributed by atoms with Crippen molar-refractivity contribution < 1.29 is 17.9 Å². The van der Waals surface area contributed by atoms with Crippen molar-refractivity contribution in [1.29, 1.82) is 0 Å². The zero-order valence-electron chi connectivity index (χ0n) is 13.7. The Morgan fingerprint density at radius 2 is 1.91 bits per heavy atom. The van der Waals surface area contributed by atoms with Crippen LogP contribution in [0.25, 0.3) is 0 Å². The summed E-state index contributed by atoms with van der Waals surface area (Å²) in [6, 6.07) is 4.71. The lowest BCUT2D eigenvalue weighted by molar-refractivity contribution is 0.0587. The molecule has 3 atom stereocenters. The molecule has 6 heteroatoms. The maximum Gasteiger partial charge on any atom is 0.243 e. The normalized spacial score (nSPS) is 20.3. The Morgan fingerprint density at radius 1 is 1.30 bits per heavy atom. The van der Waals surface area contributed by atoms with E-state index >= 15 is 0 Å². The van der Waals surface area contributed by atoms with Crippen molar-refractivity contribution in [1.82, 2.24) is 4.72 Å². The third-order valence-corrected chi connectivity index (χ3v) is 6.42. The molecule has 130 valence electrons. The van der Waals surface area contributed by atoms with Crippen molar-refractivity contribution >= 4 is 10.0 Å². The van der Waals surface area contributed by atoms with E-state index in [1.54, 1.807) is 0 Å². The molecule has 0 saturated heterocycles. The predicted octanol–water partition coefficient (Wildman–Crippen LogP) is 3.07. The first kappa shape index (κ1) is 18.4. The van der Waals surface area contributed by atoms with Crippen molar-refractivity contribution in [3.8, 4) is 0 Å². The Balaban J connectivity index is 2.24. The number of sulfonamides is 1. The second-order valence-corrected chi connectivity index (χ2v) is 8.18. The monoisotopic (exact) mass is 343 g/mol. The summed E-state index contributed by atoms with van der Waals surface area (Å²) in [6.45, 7) is 3.86. The number of hydrogen-bond donors (Lipinski definition) is 2. The van der Waals surface area contributed by atoms with Gasteiger partial charge in [0.1, 0.15) is 10.7 Å². The molecule has 2 N–H and O–H groups in total. The van der Waals surface area contributed by atoms with Gasteiger partial charge in [0.25, 0.3) is 0 Å². The van der Waals surface area contributed by atoms with Crippen LogP contribution in [-0.2, 0) is 10.0 Å². The number of aliphatic hydroxyl groups is 1. The van der Waals surface area contributed by atoms with Gasteiger partial charge in [-0.3, -0.25) is 0 Å². The van der Waals surface area contributed by atoms with Crippen LogP contribution in [0.15, 0.2) is 29.2 Å². The van der Waals surface area contributed by atoms with Crippen LogP contribution in [0.4, 0.5) is 4.39 Å². The fourth-order valence-corrected chi connectivity index (χ4v) is 4.71. The molecule has 1 saturated carbocycles. The van der Waals surface area contributed by atoms with E-state index in [0.717, 1.165) is 38.2 Å². The van der Waals surface area contributed by atoms with Crippen LogP contribution < -0.4 is 4.72 Å². The predicted molar refractivity (Wildman–Crippen MR) is 87.9 cm³/mol. The smallest absolute Gasteiger partial charge is 0.243 e. The zero-order valence-corrected chi connectivity index (χ0v) is 14.5. The third kappa shape index (κ3) is 4.31. The Kier molecular flexibility index (Phi) is 6.17. The fourth-order valence-electron chi connectivity index (χ4n) is 3.27. The largest absolute Gasteiger partial charge is 0.391 e. The highest BCUT2D eigenvalue weighted by Gasteiger charge is 2.36. The van der Waals surface area contributed by atoms with Crippen LogP contribution >= 0.6 is 0 Å². The third-order valence-electron chi connectivity index (χ3n) is 4.93. The van der Waals surface area contributed by atoms with Gasteiger partial charge in [-0.05, 0) is 36.8 Å². The van der Waals surface area contributed by atoms with Crippen molar-refractivity contribution in [2.45, 2.75) is 63.0 Å². The molecule has 0 spiro atoms. The van der Waals surface area contributed by atoms with Crippen LogP contribution in [0.5, 0.6) is 0 Å². The quantitative estimate of drug-likeness (QED) is 0.799.